The molecule has 4 rings (SSSR count). The zero-order valence-electron chi connectivity index (χ0n) is 22.9. The quantitative estimate of drug-likeness (QED) is 0.561. The first-order chi connectivity index (χ1) is 18.7. The van der Waals surface area contributed by atoms with Gasteiger partial charge in [-0.15, -0.1) is 0 Å². The van der Waals surface area contributed by atoms with Gasteiger partial charge in [0, 0.05) is 25.3 Å². The molecule has 9 nitrogen and oxygen atoms in total. The van der Waals surface area contributed by atoms with Crippen LogP contribution in [0.25, 0.3) is 0 Å². The number of piperazine rings is 1. The van der Waals surface area contributed by atoms with Crippen molar-refractivity contribution in [3.63, 3.8) is 0 Å². The minimum Gasteiger partial charge on any atom is -0.445 e. The highest BCUT2D eigenvalue weighted by atomic mass is 16.6. The minimum atomic E-state index is -0.619. The largest absolute Gasteiger partial charge is 0.445 e. The van der Waals surface area contributed by atoms with Crippen LogP contribution in [0.5, 0.6) is 0 Å². The molecule has 2 aliphatic heterocycles. The van der Waals surface area contributed by atoms with Crippen molar-refractivity contribution < 1.29 is 23.9 Å². The van der Waals surface area contributed by atoms with Crippen molar-refractivity contribution in [1.82, 2.24) is 15.5 Å². The van der Waals surface area contributed by atoms with Crippen LogP contribution in [0.3, 0.4) is 0 Å². The highest BCUT2D eigenvalue weighted by molar-refractivity contribution is 5.87. The standard InChI is InChI=1S/C30H38N4O5/c1-30(2,3)39-29(37)33-17-18-34-24-14-10-13-23(19-24)25(15-8-5-9-16-31-27(35)26(34)20-33)32-28(36)38-21-22-11-6-4-7-12-22/h4-8,10-14,19,25-26H,9,15-18,20-21H2,1-3H3,(H,31,35)(H,32,36)/b8-5-/t25-,26-/m0/s1. The van der Waals surface area contributed by atoms with Crippen LogP contribution in [-0.2, 0) is 20.9 Å². The normalized spacial score (nSPS) is 20.7. The molecule has 0 aromatic heterocycles. The number of alkyl carbamates (subject to hydrolysis) is 1. The van der Waals surface area contributed by atoms with E-state index in [4.69, 9.17) is 9.47 Å². The predicted molar refractivity (Wildman–Crippen MR) is 149 cm³/mol. The van der Waals surface area contributed by atoms with Gasteiger partial charge in [-0.2, -0.15) is 0 Å². The summed E-state index contributed by atoms with van der Waals surface area (Å²) in [5.74, 6) is -0.138. The number of hydrogen-bond donors (Lipinski definition) is 2. The first-order valence-electron chi connectivity index (χ1n) is 13.4. The molecule has 9 heteroatoms. The second-order valence-corrected chi connectivity index (χ2v) is 10.8. The highest BCUT2D eigenvalue weighted by Crippen LogP contribution is 2.27. The molecule has 0 unspecified atom stereocenters. The molecule has 2 aliphatic rings. The second kappa shape index (κ2) is 12.7. The van der Waals surface area contributed by atoms with Gasteiger partial charge in [0.25, 0.3) is 0 Å². The van der Waals surface area contributed by atoms with Crippen LogP contribution >= 0.6 is 0 Å². The molecule has 0 aliphatic carbocycles. The van der Waals surface area contributed by atoms with Gasteiger partial charge in [-0.25, -0.2) is 9.59 Å². The lowest BCUT2D eigenvalue weighted by Crippen LogP contribution is -2.60. The lowest BCUT2D eigenvalue weighted by atomic mass is 10.0. The summed E-state index contributed by atoms with van der Waals surface area (Å²) in [7, 11) is 0. The van der Waals surface area contributed by atoms with Crippen molar-refractivity contribution in [3.05, 3.63) is 77.9 Å². The molecule has 2 aromatic carbocycles. The number of amides is 3. The summed E-state index contributed by atoms with van der Waals surface area (Å²) in [6.45, 7) is 7.26. The van der Waals surface area contributed by atoms with Crippen molar-refractivity contribution in [1.29, 1.82) is 0 Å². The van der Waals surface area contributed by atoms with E-state index in [-0.39, 0.29) is 25.1 Å². The van der Waals surface area contributed by atoms with Gasteiger partial charge >= 0.3 is 12.2 Å². The average Bonchev–Trinajstić information content (AvgIpc) is 2.92. The molecule has 3 amide bonds. The Morgan fingerprint density at radius 2 is 1.85 bits per heavy atom. The Morgan fingerprint density at radius 1 is 1.05 bits per heavy atom. The average molecular weight is 535 g/mol. The van der Waals surface area contributed by atoms with Crippen molar-refractivity contribution >= 4 is 23.8 Å². The summed E-state index contributed by atoms with van der Waals surface area (Å²) in [6, 6.07) is 16.5. The Balaban J connectivity index is 1.53. The summed E-state index contributed by atoms with van der Waals surface area (Å²) in [4.78, 5) is 42.4. The fraction of sp³-hybridized carbons (Fsp3) is 0.433. The summed E-state index contributed by atoms with van der Waals surface area (Å²) in [5.41, 5.74) is 2.05. The van der Waals surface area contributed by atoms with Gasteiger partial charge in [-0.3, -0.25) is 4.79 Å². The molecule has 0 radical (unpaired) electrons. The van der Waals surface area contributed by atoms with Crippen LogP contribution in [-0.4, -0.2) is 60.8 Å². The molecular weight excluding hydrogens is 496 g/mol. The lowest BCUT2D eigenvalue weighted by molar-refractivity contribution is -0.123. The topological polar surface area (TPSA) is 100 Å². The number of carbonyl (C=O) groups is 3. The summed E-state index contributed by atoms with van der Waals surface area (Å²) < 4.78 is 11.0. The molecular formula is C30H38N4O5. The number of benzene rings is 2. The van der Waals surface area contributed by atoms with Crippen molar-refractivity contribution in [3.8, 4) is 0 Å². The molecule has 0 saturated carbocycles. The first-order valence-corrected chi connectivity index (χ1v) is 13.4. The van der Waals surface area contributed by atoms with E-state index in [1.165, 1.54) is 0 Å². The number of rotatable bonds is 3. The van der Waals surface area contributed by atoms with Gasteiger partial charge in [0.2, 0.25) is 5.91 Å². The van der Waals surface area contributed by atoms with Gasteiger partial charge in [-0.05, 0) is 56.9 Å². The molecule has 2 heterocycles. The Bertz CT molecular complexity index is 1180. The monoisotopic (exact) mass is 534 g/mol. The van der Waals surface area contributed by atoms with Crippen LogP contribution in [0, 0.1) is 0 Å². The summed E-state index contributed by atoms with van der Waals surface area (Å²) >= 11 is 0. The van der Waals surface area contributed by atoms with E-state index in [2.05, 4.69) is 10.6 Å². The van der Waals surface area contributed by atoms with Crippen LogP contribution in [0.4, 0.5) is 15.3 Å². The van der Waals surface area contributed by atoms with E-state index >= 15 is 0 Å². The third-order valence-corrected chi connectivity index (χ3v) is 6.59. The maximum Gasteiger partial charge on any atom is 0.410 e. The number of nitrogens with one attached hydrogen (secondary N) is 2. The Hall–Kier alpha value is -4.01. The fourth-order valence-corrected chi connectivity index (χ4v) is 4.66. The molecule has 39 heavy (non-hydrogen) atoms. The molecule has 2 atom stereocenters. The smallest absolute Gasteiger partial charge is 0.410 e. The van der Waals surface area contributed by atoms with Crippen molar-refractivity contribution in [2.24, 2.45) is 0 Å². The third-order valence-electron chi connectivity index (χ3n) is 6.59. The molecule has 2 aromatic rings. The van der Waals surface area contributed by atoms with Crippen LogP contribution < -0.4 is 15.5 Å². The van der Waals surface area contributed by atoms with Gasteiger partial charge in [0.15, 0.2) is 0 Å². The number of nitrogens with zero attached hydrogens (tertiary/aromatic N) is 2. The van der Waals surface area contributed by atoms with E-state index in [9.17, 15) is 14.4 Å². The maximum absolute atomic E-state index is 13.3. The van der Waals surface area contributed by atoms with Crippen LogP contribution in [0.15, 0.2) is 66.7 Å². The molecule has 2 N–H and O–H groups in total. The molecule has 1 saturated heterocycles. The van der Waals surface area contributed by atoms with E-state index in [0.717, 1.165) is 16.8 Å². The SMILES string of the molecule is CC(C)(C)OC(=O)N1CCN2c3cccc(c3)[C@@H](NC(=O)OCc3ccccc3)C/C=C\CCNC(=O)[C@@H]2C1. The van der Waals surface area contributed by atoms with E-state index < -0.39 is 23.8 Å². The first kappa shape index (κ1) is 28.0. The number of fused-ring (bicyclic) bond motifs is 4. The van der Waals surface area contributed by atoms with Crippen molar-refractivity contribution in [2.75, 3.05) is 31.1 Å². The predicted octanol–water partition coefficient (Wildman–Crippen LogP) is 4.55. The minimum absolute atomic E-state index is 0.138. The third kappa shape index (κ3) is 7.99. The maximum atomic E-state index is 13.3. The van der Waals surface area contributed by atoms with Crippen LogP contribution in [0.1, 0.15) is 50.8 Å². The number of ether oxygens (including phenoxy) is 2. The molecule has 1 fully saturated rings. The highest BCUT2D eigenvalue weighted by Gasteiger charge is 2.36. The van der Waals surface area contributed by atoms with E-state index in [0.29, 0.717) is 32.5 Å². The van der Waals surface area contributed by atoms with E-state index in [1.807, 2.05) is 92.4 Å². The molecule has 208 valence electrons. The Morgan fingerprint density at radius 3 is 2.62 bits per heavy atom. The summed E-state index contributed by atoms with van der Waals surface area (Å²) in [6.07, 6.45) is 4.32. The van der Waals surface area contributed by atoms with Gasteiger partial charge in [0.05, 0.1) is 12.6 Å². The zero-order valence-corrected chi connectivity index (χ0v) is 22.9. The van der Waals surface area contributed by atoms with Crippen LogP contribution in [0.2, 0.25) is 0 Å². The Labute approximate surface area is 230 Å². The number of carbonyl (C=O) groups excluding carboxylic acids is 3. The van der Waals surface area contributed by atoms with Gasteiger partial charge < -0.3 is 29.9 Å². The van der Waals surface area contributed by atoms with E-state index in [1.54, 1.807) is 4.90 Å². The molecule has 2 bridgehead atoms. The van der Waals surface area contributed by atoms with Gasteiger partial charge in [0.1, 0.15) is 18.2 Å². The molecule has 0 spiro atoms. The second-order valence-electron chi connectivity index (χ2n) is 10.8. The number of anilines is 1. The van der Waals surface area contributed by atoms with Crippen molar-refractivity contribution in [2.45, 2.75) is 57.9 Å². The fourth-order valence-electron chi connectivity index (χ4n) is 4.66. The Kier molecular flexibility index (Phi) is 9.11. The lowest BCUT2D eigenvalue weighted by Gasteiger charge is -2.42. The summed E-state index contributed by atoms with van der Waals surface area (Å²) in [5, 5.41) is 6.02. The zero-order chi connectivity index (χ0) is 27.8. The number of hydrogen-bond acceptors (Lipinski definition) is 6. The van der Waals surface area contributed by atoms with Gasteiger partial charge in [-0.1, -0.05) is 54.6 Å².